The highest BCUT2D eigenvalue weighted by Gasteiger charge is 2.71. The zero-order valence-electron chi connectivity index (χ0n) is 15.2. The molecule has 2 aliphatic heterocycles. The number of nitrogens with zero attached hydrogens (tertiary/aromatic N) is 1. The van der Waals surface area contributed by atoms with E-state index in [0.29, 0.717) is 36.7 Å². The monoisotopic (exact) mass is 368 g/mol. The lowest BCUT2D eigenvalue weighted by atomic mass is 9.84. The summed E-state index contributed by atoms with van der Waals surface area (Å²) >= 11 is 0. The molecule has 6 heteroatoms. The van der Waals surface area contributed by atoms with Crippen LogP contribution in [-0.4, -0.2) is 41.2 Å². The number of likely N-dealkylation sites (tertiary alicyclic amines) is 1. The van der Waals surface area contributed by atoms with E-state index in [1.165, 1.54) is 0 Å². The van der Waals surface area contributed by atoms with Gasteiger partial charge < -0.3 is 15.4 Å². The predicted octanol–water partition coefficient (Wildman–Crippen LogP) is 1.77. The molecule has 2 amide bonds. The van der Waals surface area contributed by atoms with Gasteiger partial charge in [0.25, 0.3) is 0 Å². The number of rotatable bonds is 2. The van der Waals surface area contributed by atoms with Gasteiger partial charge in [-0.15, -0.1) is 0 Å². The van der Waals surface area contributed by atoms with Gasteiger partial charge in [-0.25, -0.2) is 0 Å². The molecule has 2 heterocycles. The highest BCUT2D eigenvalue weighted by atomic mass is 16.5. The molecular formula is C21H24N2O4. The number of piperidine rings is 1. The van der Waals surface area contributed by atoms with Crippen LogP contribution >= 0.6 is 0 Å². The standard InChI is InChI=1S/C21H24N2O4/c22-19(25)12-4-3-9-23(11-12)20(26)17-14-7-8-21(18(14)17)10-15(24)13-5-1-2-6-16(13)27-21/h1-2,5-6,12,14,17-18H,3-4,7-11H2,(H2,22,25)/t12-,14+,17-,18+,21-/m1/s1. The first-order valence-electron chi connectivity index (χ1n) is 9.89. The molecule has 5 atom stereocenters. The van der Waals surface area contributed by atoms with Crippen molar-refractivity contribution in [2.45, 2.75) is 37.7 Å². The van der Waals surface area contributed by atoms with E-state index in [1.807, 2.05) is 29.2 Å². The molecule has 6 nitrogen and oxygen atoms in total. The molecule has 1 spiro atoms. The number of amides is 2. The SMILES string of the molecule is NC(=O)[C@@H]1CCCN(C(=O)[C@@H]2[C@@H]3CC[C@@]4(CC(=O)c5ccccc5O4)[C@@H]32)C1. The van der Waals surface area contributed by atoms with Crippen molar-refractivity contribution in [3.05, 3.63) is 29.8 Å². The zero-order valence-corrected chi connectivity index (χ0v) is 15.2. The number of nitrogens with two attached hydrogens (primary N) is 1. The van der Waals surface area contributed by atoms with Crippen LogP contribution in [0.3, 0.4) is 0 Å². The number of Topliss-reactive ketones (excluding diaryl/α,β-unsaturated/α-hetero) is 1. The van der Waals surface area contributed by atoms with E-state index in [2.05, 4.69) is 0 Å². The Balaban J connectivity index is 1.35. The molecule has 2 N–H and O–H groups in total. The second-order valence-electron chi connectivity index (χ2n) is 8.54. The summed E-state index contributed by atoms with van der Waals surface area (Å²) in [6.45, 7) is 1.12. The fourth-order valence-corrected chi connectivity index (χ4v) is 5.72. The van der Waals surface area contributed by atoms with Gasteiger partial charge in [-0.05, 0) is 43.7 Å². The number of ketones is 1. The third kappa shape index (κ3) is 2.49. The van der Waals surface area contributed by atoms with Crippen molar-refractivity contribution in [3.63, 3.8) is 0 Å². The molecule has 0 aromatic heterocycles. The van der Waals surface area contributed by atoms with Crippen molar-refractivity contribution in [2.24, 2.45) is 29.4 Å². The maximum Gasteiger partial charge on any atom is 0.226 e. The lowest BCUT2D eigenvalue weighted by molar-refractivity contribution is -0.137. The van der Waals surface area contributed by atoms with Crippen LogP contribution in [0.1, 0.15) is 42.5 Å². The van der Waals surface area contributed by atoms with Crippen molar-refractivity contribution in [3.8, 4) is 5.75 Å². The summed E-state index contributed by atoms with van der Waals surface area (Å²) in [5, 5.41) is 0. The van der Waals surface area contributed by atoms with Crippen molar-refractivity contribution in [1.82, 2.24) is 4.90 Å². The van der Waals surface area contributed by atoms with Crippen molar-refractivity contribution < 1.29 is 19.1 Å². The second-order valence-corrected chi connectivity index (χ2v) is 8.54. The molecule has 1 saturated heterocycles. The van der Waals surface area contributed by atoms with Gasteiger partial charge in [-0.2, -0.15) is 0 Å². The highest BCUT2D eigenvalue weighted by molar-refractivity contribution is 6.00. The van der Waals surface area contributed by atoms with E-state index in [0.717, 1.165) is 25.7 Å². The maximum atomic E-state index is 13.1. The molecule has 2 saturated carbocycles. The Kier molecular flexibility index (Phi) is 3.61. The zero-order chi connectivity index (χ0) is 18.8. The largest absolute Gasteiger partial charge is 0.486 e. The number of para-hydroxylation sites is 1. The fourth-order valence-electron chi connectivity index (χ4n) is 5.72. The Bertz CT molecular complexity index is 837. The molecule has 0 bridgehead atoms. The predicted molar refractivity (Wildman–Crippen MR) is 97.0 cm³/mol. The van der Waals surface area contributed by atoms with Gasteiger partial charge in [0, 0.05) is 24.9 Å². The number of carbonyl (C=O) groups excluding carboxylic acids is 3. The minimum absolute atomic E-state index is 0.0801. The lowest BCUT2D eigenvalue weighted by Crippen LogP contribution is -2.47. The van der Waals surface area contributed by atoms with Crippen molar-refractivity contribution in [1.29, 1.82) is 0 Å². The molecule has 0 unspecified atom stereocenters. The minimum atomic E-state index is -0.532. The van der Waals surface area contributed by atoms with Crippen molar-refractivity contribution in [2.75, 3.05) is 13.1 Å². The molecule has 3 fully saturated rings. The Morgan fingerprint density at radius 1 is 1.22 bits per heavy atom. The van der Waals surface area contributed by atoms with Gasteiger partial charge in [0.15, 0.2) is 5.78 Å². The van der Waals surface area contributed by atoms with E-state index in [-0.39, 0.29) is 35.4 Å². The molecule has 2 aliphatic carbocycles. The van der Waals surface area contributed by atoms with Gasteiger partial charge in [0.05, 0.1) is 17.9 Å². The van der Waals surface area contributed by atoms with Crippen molar-refractivity contribution >= 4 is 17.6 Å². The van der Waals surface area contributed by atoms with Gasteiger partial charge in [0.2, 0.25) is 11.8 Å². The Morgan fingerprint density at radius 2 is 2.04 bits per heavy atom. The van der Waals surface area contributed by atoms with Crippen LogP contribution in [0.15, 0.2) is 24.3 Å². The number of fused-ring (bicyclic) bond motifs is 3. The number of hydrogen-bond acceptors (Lipinski definition) is 4. The number of benzene rings is 1. The smallest absolute Gasteiger partial charge is 0.226 e. The number of carbonyl (C=O) groups is 3. The number of primary amides is 1. The second kappa shape index (κ2) is 5.81. The molecule has 142 valence electrons. The molecule has 0 radical (unpaired) electrons. The third-order valence-electron chi connectivity index (χ3n) is 7.06. The summed E-state index contributed by atoms with van der Waals surface area (Å²) in [7, 11) is 0. The first-order chi connectivity index (χ1) is 13.0. The van der Waals surface area contributed by atoms with Crippen LogP contribution in [0, 0.1) is 23.7 Å². The number of hydrogen-bond donors (Lipinski definition) is 1. The average molecular weight is 368 g/mol. The molecule has 1 aromatic rings. The Labute approximate surface area is 158 Å². The van der Waals surface area contributed by atoms with E-state index < -0.39 is 5.60 Å². The molecule has 1 aromatic carbocycles. The Morgan fingerprint density at radius 3 is 2.85 bits per heavy atom. The van der Waals surface area contributed by atoms with Crippen LogP contribution in [0.4, 0.5) is 0 Å². The van der Waals surface area contributed by atoms with Gasteiger partial charge >= 0.3 is 0 Å². The normalized spacial score (nSPS) is 36.7. The van der Waals surface area contributed by atoms with Crippen LogP contribution in [0.25, 0.3) is 0 Å². The van der Waals surface area contributed by atoms with Crippen LogP contribution < -0.4 is 10.5 Å². The van der Waals surface area contributed by atoms with Crippen LogP contribution in [0.2, 0.25) is 0 Å². The van der Waals surface area contributed by atoms with Gasteiger partial charge in [-0.1, -0.05) is 12.1 Å². The summed E-state index contributed by atoms with van der Waals surface area (Å²) < 4.78 is 6.37. The summed E-state index contributed by atoms with van der Waals surface area (Å²) in [5.74, 6) is 0.642. The summed E-state index contributed by atoms with van der Waals surface area (Å²) in [5.41, 5.74) is 5.57. The quantitative estimate of drug-likeness (QED) is 0.861. The van der Waals surface area contributed by atoms with E-state index in [9.17, 15) is 14.4 Å². The fraction of sp³-hybridized carbons (Fsp3) is 0.571. The number of ether oxygens (including phenoxy) is 1. The van der Waals surface area contributed by atoms with Crippen LogP contribution in [0.5, 0.6) is 5.75 Å². The van der Waals surface area contributed by atoms with E-state index in [4.69, 9.17) is 10.5 Å². The molecule has 27 heavy (non-hydrogen) atoms. The Hall–Kier alpha value is -2.37. The van der Waals surface area contributed by atoms with E-state index >= 15 is 0 Å². The lowest BCUT2D eigenvalue weighted by Gasteiger charge is -2.38. The topological polar surface area (TPSA) is 89.7 Å². The van der Waals surface area contributed by atoms with E-state index in [1.54, 1.807) is 0 Å². The first kappa shape index (κ1) is 16.8. The third-order valence-corrected chi connectivity index (χ3v) is 7.06. The maximum absolute atomic E-state index is 13.1. The summed E-state index contributed by atoms with van der Waals surface area (Å²) in [6, 6.07) is 7.39. The van der Waals surface area contributed by atoms with Gasteiger partial charge in [0.1, 0.15) is 11.4 Å². The average Bonchev–Trinajstić information content (AvgIpc) is 3.32. The summed E-state index contributed by atoms with van der Waals surface area (Å²) in [6.07, 6.45) is 3.68. The first-order valence-corrected chi connectivity index (χ1v) is 9.89. The highest BCUT2D eigenvalue weighted by Crippen LogP contribution is 2.66. The summed E-state index contributed by atoms with van der Waals surface area (Å²) in [4.78, 5) is 39.1. The van der Waals surface area contributed by atoms with Gasteiger partial charge in [-0.3, -0.25) is 14.4 Å². The molecule has 5 rings (SSSR count). The van der Waals surface area contributed by atoms with Crippen LogP contribution in [-0.2, 0) is 9.59 Å². The molecular weight excluding hydrogens is 344 g/mol. The minimum Gasteiger partial charge on any atom is -0.486 e. The molecule has 4 aliphatic rings.